The van der Waals surface area contributed by atoms with Crippen molar-refractivity contribution in [2.75, 3.05) is 0 Å². The van der Waals surface area contributed by atoms with Crippen molar-refractivity contribution in [2.45, 2.75) is 6.92 Å². The van der Waals surface area contributed by atoms with E-state index in [2.05, 4.69) is 0 Å². The van der Waals surface area contributed by atoms with Crippen molar-refractivity contribution in [3.8, 4) is 11.5 Å². The Labute approximate surface area is 162 Å². The first-order chi connectivity index (χ1) is 11.2. The Bertz CT molecular complexity index is 719. The van der Waals surface area contributed by atoms with Crippen molar-refractivity contribution < 1.29 is 19.1 Å². The first-order valence-corrected chi connectivity index (χ1v) is 8.12. The second kappa shape index (κ2) is 7.81. The molecule has 0 N–H and O–H groups in total. The Kier molecular flexibility index (Phi) is 6.23. The van der Waals surface area contributed by atoms with Gasteiger partial charge in [-0.25, -0.2) is 9.59 Å². The van der Waals surface area contributed by atoms with Gasteiger partial charge in [0.1, 0.15) is 0 Å². The van der Waals surface area contributed by atoms with E-state index in [1.165, 1.54) is 24.3 Å². The van der Waals surface area contributed by atoms with Crippen LogP contribution in [0.1, 0.15) is 5.56 Å². The average molecular weight is 428 g/mol. The first-order valence-electron chi connectivity index (χ1n) is 6.23. The number of esters is 2. The first kappa shape index (κ1) is 19.2. The topological polar surface area (TPSA) is 52.6 Å². The van der Waals surface area contributed by atoms with Gasteiger partial charge in [-0.2, -0.15) is 0 Å². The lowest BCUT2D eigenvalue weighted by Crippen LogP contribution is -2.26. The smallest absolute Gasteiger partial charge is 0.415 e. The van der Waals surface area contributed by atoms with Crippen molar-refractivity contribution >= 4 is 69.9 Å². The Balaban J connectivity index is 2.19. The maximum absolute atomic E-state index is 11.9. The third-order valence-electron chi connectivity index (χ3n) is 2.66. The summed E-state index contributed by atoms with van der Waals surface area (Å²) in [5, 5.41) is 0.304. The summed E-state index contributed by atoms with van der Waals surface area (Å²) in [5.74, 6) is -3.07. The van der Waals surface area contributed by atoms with Gasteiger partial charge in [0.25, 0.3) is 0 Å². The minimum atomic E-state index is -1.35. The largest absolute Gasteiger partial charge is 0.423 e. The van der Waals surface area contributed by atoms with Crippen LogP contribution in [0.25, 0.3) is 0 Å². The van der Waals surface area contributed by atoms with E-state index in [0.717, 1.165) is 5.56 Å². The monoisotopic (exact) mass is 426 g/mol. The van der Waals surface area contributed by atoms with Gasteiger partial charge >= 0.3 is 11.9 Å². The van der Waals surface area contributed by atoms with Crippen LogP contribution in [0.2, 0.25) is 25.1 Å². The van der Waals surface area contributed by atoms with Gasteiger partial charge in [-0.15, -0.1) is 0 Å². The summed E-state index contributed by atoms with van der Waals surface area (Å²) in [5.41, 5.74) is 0.757. The van der Waals surface area contributed by atoms with E-state index in [1.807, 2.05) is 0 Å². The number of benzene rings is 2. The van der Waals surface area contributed by atoms with Gasteiger partial charge < -0.3 is 9.47 Å². The van der Waals surface area contributed by atoms with Crippen molar-refractivity contribution in [1.29, 1.82) is 0 Å². The number of aryl methyl sites for hydroxylation is 1. The molecule has 24 heavy (non-hydrogen) atoms. The van der Waals surface area contributed by atoms with E-state index in [-0.39, 0.29) is 36.6 Å². The molecule has 0 aromatic heterocycles. The number of hydrogen-bond acceptors (Lipinski definition) is 4. The molecule has 9 heteroatoms. The summed E-state index contributed by atoms with van der Waals surface area (Å²) in [4.78, 5) is 23.7. The van der Waals surface area contributed by atoms with E-state index in [1.54, 1.807) is 6.92 Å². The molecule has 0 spiro atoms. The zero-order valence-corrected chi connectivity index (χ0v) is 15.6. The second-order valence-corrected chi connectivity index (χ2v) is 6.60. The number of rotatable bonds is 2. The van der Waals surface area contributed by atoms with Crippen LogP contribution in [0.5, 0.6) is 11.5 Å². The molecule has 0 unspecified atom stereocenters. The Morgan fingerprint density at radius 3 is 1.42 bits per heavy atom. The van der Waals surface area contributed by atoms with E-state index in [4.69, 9.17) is 67.5 Å². The fraction of sp³-hybridized carbons (Fsp3) is 0.0667. The van der Waals surface area contributed by atoms with Crippen LogP contribution < -0.4 is 9.47 Å². The predicted molar refractivity (Wildman–Crippen MR) is 93.9 cm³/mol. The van der Waals surface area contributed by atoms with Gasteiger partial charge in [0.2, 0.25) is 0 Å². The molecule has 0 aliphatic rings. The molecule has 0 saturated heterocycles. The predicted octanol–water partition coefficient (Wildman–Crippen LogP) is 5.77. The van der Waals surface area contributed by atoms with Crippen molar-refractivity contribution in [3.63, 3.8) is 0 Å². The van der Waals surface area contributed by atoms with Crippen LogP contribution in [0.4, 0.5) is 0 Å². The van der Waals surface area contributed by atoms with Gasteiger partial charge in [-0.05, 0) is 36.8 Å². The number of hydrogen-bond donors (Lipinski definition) is 0. The fourth-order valence-corrected chi connectivity index (χ4v) is 3.25. The molecule has 0 fully saturated rings. The summed E-state index contributed by atoms with van der Waals surface area (Å²) in [6.45, 7) is 1.75. The molecule has 0 bridgehead atoms. The normalized spacial score (nSPS) is 10.4. The fourth-order valence-electron chi connectivity index (χ4n) is 1.68. The van der Waals surface area contributed by atoms with Crippen molar-refractivity contribution in [2.24, 2.45) is 0 Å². The Hall–Kier alpha value is -1.17. The van der Waals surface area contributed by atoms with Crippen LogP contribution in [0.15, 0.2) is 24.3 Å². The van der Waals surface area contributed by atoms with Gasteiger partial charge in [0, 0.05) is 5.02 Å². The van der Waals surface area contributed by atoms with Gasteiger partial charge in [0.05, 0.1) is 20.1 Å². The highest BCUT2D eigenvalue weighted by Crippen LogP contribution is 2.37. The number of carbonyl (C=O) groups excluding carboxylic acids is 2. The van der Waals surface area contributed by atoms with E-state index < -0.39 is 11.9 Å². The molecule has 0 radical (unpaired) electrons. The van der Waals surface area contributed by atoms with Gasteiger partial charge in [-0.1, -0.05) is 58.0 Å². The minimum absolute atomic E-state index is 0.0416. The van der Waals surface area contributed by atoms with Crippen LogP contribution in [0.3, 0.4) is 0 Å². The summed E-state index contributed by atoms with van der Waals surface area (Å²) in [6, 6.07) is 5.65. The SMILES string of the molecule is Cc1cc(Cl)c(OC(=O)C(=O)Oc2c(Cl)cc(Cl)cc2Cl)c(Cl)c1. The highest BCUT2D eigenvalue weighted by atomic mass is 35.5. The molecule has 0 atom stereocenters. The number of carbonyl (C=O) groups is 2. The van der Waals surface area contributed by atoms with Crippen LogP contribution in [0, 0.1) is 6.92 Å². The molecule has 2 rings (SSSR count). The molecule has 2 aromatic carbocycles. The highest BCUT2D eigenvalue weighted by molar-refractivity contribution is 6.41. The quantitative estimate of drug-likeness (QED) is 0.346. The summed E-state index contributed by atoms with van der Waals surface area (Å²) >= 11 is 29.4. The summed E-state index contributed by atoms with van der Waals surface area (Å²) < 4.78 is 9.73. The Morgan fingerprint density at radius 2 is 1.04 bits per heavy atom. The van der Waals surface area contributed by atoms with Crippen molar-refractivity contribution in [1.82, 2.24) is 0 Å². The molecule has 0 heterocycles. The molecule has 2 aromatic rings. The third-order valence-corrected chi connectivity index (χ3v) is 4.00. The highest BCUT2D eigenvalue weighted by Gasteiger charge is 2.24. The lowest BCUT2D eigenvalue weighted by atomic mass is 10.2. The minimum Gasteiger partial charge on any atom is -0.415 e. The molecule has 126 valence electrons. The lowest BCUT2D eigenvalue weighted by Gasteiger charge is -2.10. The average Bonchev–Trinajstić information content (AvgIpc) is 2.46. The molecular weight excluding hydrogens is 421 g/mol. The van der Waals surface area contributed by atoms with E-state index >= 15 is 0 Å². The lowest BCUT2D eigenvalue weighted by molar-refractivity contribution is -0.156. The van der Waals surface area contributed by atoms with Gasteiger partial charge in [-0.3, -0.25) is 0 Å². The van der Waals surface area contributed by atoms with E-state index in [9.17, 15) is 9.59 Å². The standard InChI is InChI=1S/C15H7Cl5O4/c1-6-2-8(17)12(9(18)3-6)23-14(21)15(22)24-13-10(19)4-7(16)5-11(13)20/h2-5H,1H3. The van der Waals surface area contributed by atoms with Crippen LogP contribution >= 0.6 is 58.0 Å². The zero-order chi connectivity index (χ0) is 18.0. The molecule has 4 nitrogen and oxygen atoms in total. The molecule has 0 amide bonds. The second-order valence-electron chi connectivity index (χ2n) is 4.54. The molecular formula is C15H7Cl5O4. The third kappa shape index (κ3) is 4.47. The number of ether oxygens (including phenoxy) is 2. The van der Waals surface area contributed by atoms with Crippen LogP contribution in [-0.2, 0) is 9.59 Å². The van der Waals surface area contributed by atoms with Crippen LogP contribution in [-0.4, -0.2) is 11.9 Å². The molecule has 0 aliphatic carbocycles. The zero-order valence-electron chi connectivity index (χ0n) is 11.8. The maximum atomic E-state index is 11.9. The van der Waals surface area contributed by atoms with E-state index in [0.29, 0.717) is 0 Å². The molecule has 0 aliphatic heterocycles. The maximum Gasteiger partial charge on any atom is 0.423 e. The molecule has 0 saturated carbocycles. The summed E-state index contributed by atoms with van der Waals surface area (Å²) in [6.07, 6.45) is 0. The van der Waals surface area contributed by atoms with Crippen molar-refractivity contribution in [3.05, 3.63) is 54.9 Å². The number of halogens is 5. The summed E-state index contributed by atoms with van der Waals surface area (Å²) in [7, 11) is 0. The van der Waals surface area contributed by atoms with Gasteiger partial charge in [0.15, 0.2) is 11.5 Å². The Morgan fingerprint density at radius 1 is 0.708 bits per heavy atom.